The van der Waals surface area contributed by atoms with E-state index in [2.05, 4.69) is 47.7 Å². The summed E-state index contributed by atoms with van der Waals surface area (Å²) in [6, 6.07) is 13.6. The molecular formula is C42H52N8O6. The van der Waals surface area contributed by atoms with Crippen molar-refractivity contribution in [1.82, 2.24) is 40.8 Å². The minimum atomic E-state index is -0.758. The molecule has 2 aromatic heterocycles. The van der Waals surface area contributed by atoms with Crippen molar-refractivity contribution in [3.8, 4) is 34.4 Å². The van der Waals surface area contributed by atoms with E-state index in [1.165, 1.54) is 14.2 Å². The Kier molecular flexibility index (Phi) is 13.6. The predicted octanol–water partition coefficient (Wildman–Crippen LogP) is 6.10. The van der Waals surface area contributed by atoms with E-state index in [-0.39, 0.29) is 35.6 Å². The number of aromatic amines is 2. The van der Waals surface area contributed by atoms with Crippen LogP contribution in [0.15, 0.2) is 60.9 Å². The van der Waals surface area contributed by atoms with Crippen LogP contribution >= 0.6 is 0 Å². The molecule has 14 nitrogen and oxygen atoms in total. The van der Waals surface area contributed by atoms with Crippen LogP contribution in [0.4, 0.5) is 9.59 Å². The van der Waals surface area contributed by atoms with Gasteiger partial charge in [-0.2, -0.15) is 0 Å². The van der Waals surface area contributed by atoms with E-state index in [4.69, 9.17) is 9.47 Å². The van der Waals surface area contributed by atoms with Crippen molar-refractivity contribution < 1.29 is 28.7 Å². The number of likely N-dealkylation sites (tertiary alicyclic amines) is 1. The Balaban J connectivity index is 1.21. The molecule has 1 aliphatic rings. The highest BCUT2D eigenvalue weighted by Crippen LogP contribution is 2.33. The van der Waals surface area contributed by atoms with Crippen LogP contribution in [0.1, 0.15) is 89.2 Å². The molecule has 3 heterocycles. The molecule has 5 N–H and O–H groups in total. The molecule has 1 aliphatic heterocycles. The second kappa shape index (κ2) is 18.5. The number of aromatic nitrogens is 4. The lowest BCUT2D eigenvalue weighted by Crippen LogP contribution is -2.51. The van der Waals surface area contributed by atoms with E-state index < -0.39 is 30.3 Å². The number of nitrogens with zero attached hydrogens (tertiary/aromatic N) is 3. The number of imidazole rings is 2. The zero-order valence-corrected chi connectivity index (χ0v) is 33.2. The number of methoxy groups -OCH3 is 2. The van der Waals surface area contributed by atoms with Gasteiger partial charge in [0.25, 0.3) is 0 Å². The van der Waals surface area contributed by atoms with Gasteiger partial charge in [0.05, 0.1) is 50.1 Å². The minimum Gasteiger partial charge on any atom is -0.453 e. The van der Waals surface area contributed by atoms with Gasteiger partial charge in [-0.15, -0.1) is 0 Å². The maximum atomic E-state index is 13.5. The molecule has 0 bridgehead atoms. The van der Waals surface area contributed by atoms with Gasteiger partial charge in [-0.05, 0) is 66.0 Å². The number of hydrogen-bond donors (Lipinski definition) is 5. The Morgan fingerprint density at radius 2 is 1.23 bits per heavy atom. The monoisotopic (exact) mass is 764 g/mol. The quantitative estimate of drug-likeness (QED) is 0.107. The van der Waals surface area contributed by atoms with Gasteiger partial charge < -0.3 is 40.3 Å². The summed E-state index contributed by atoms with van der Waals surface area (Å²) in [5, 5.41) is 8.34. The molecule has 5 rings (SSSR count). The highest BCUT2D eigenvalue weighted by atomic mass is 16.5. The first-order valence-corrected chi connectivity index (χ1v) is 18.9. The van der Waals surface area contributed by atoms with Crippen LogP contribution in [0, 0.1) is 29.6 Å². The molecule has 0 spiro atoms. The summed E-state index contributed by atoms with van der Waals surface area (Å²) < 4.78 is 9.44. The van der Waals surface area contributed by atoms with Crippen molar-refractivity contribution in [3.05, 3.63) is 83.7 Å². The van der Waals surface area contributed by atoms with Gasteiger partial charge in [0.15, 0.2) is 0 Å². The Hall–Kier alpha value is -6.10. The first-order valence-electron chi connectivity index (χ1n) is 18.9. The molecule has 296 valence electrons. The fraction of sp³-hybridized carbons (Fsp3) is 0.429. The van der Waals surface area contributed by atoms with Crippen LogP contribution in [0.3, 0.4) is 0 Å². The standard InChI is InChI=1S/C42H52N8O6/c1-24(2)34(47-39(51)35(25(3)4)48-41(53)55-7)38-44-23-32(46-38)30-19-15-28(16-20-30)12-11-27-13-17-29(18-14-27)31-22-43-37(45-31)33-10-9-21-50(33)40(52)36(26(5)6)49-42(54)56-8/h13-20,22-26,33-36H,9-10,21H2,1-8H3,(H,43,45)(H,44,46)(H,47,51)(H,48,53)(H,49,54)/t33-,34-,35-,36-/m0/s1. The van der Waals surface area contributed by atoms with Crippen LogP contribution in [0.2, 0.25) is 0 Å². The molecule has 0 saturated carbocycles. The Morgan fingerprint density at radius 3 is 1.75 bits per heavy atom. The molecule has 2 aromatic carbocycles. The number of hydrogen-bond acceptors (Lipinski definition) is 8. The second-order valence-electron chi connectivity index (χ2n) is 14.9. The number of rotatable bonds is 12. The maximum absolute atomic E-state index is 13.5. The number of ether oxygens (including phenoxy) is 2. The Labute approximate surface area is 327 Å². The highest BCUT2D eigenvalue weighted by Gasteiger charge is 2.37. The third-order valence-electron chi connectivity index (χ3n) is 9.84. The van der Waals surface area contributed by atoms with Gasteiger partial charge in [-0.3, -0.25) is 9.59 Å². The molecule has 4 atom stereocenters. The summed E-state index contributed by atoms with van der Waals surface area (Å²) in [5.41, 5.74) is 5.19. The van der Waals surface area contributed by atoms with Crippen molar-refractivity contribution in [1.29, 1.82) is 0 Å². The number of carbonyl (C=O) groups excluding carboxylic acids is 4. The second-order valence-corrected chi connectivity index (χ2v) is 14.9. The zero-order chi connectivity index (χ0) is 40.5. The van der Waals surface area contributed by atoms with Gasteiger partial charge in [-0.25, -0.2) is 19.6 Å². The number of nitrogens with one attached hydrogen (secondary N) is 5. The lowest BCUT2D eigenvalue weighted by molar-refractivity contribution is -0.135. The topological polar surface area (TPSA) is 183 Å². The fourth-order valence-electron chi connectivity index (χ4n) is 6.61. The first kappa shape index (κ1) is 41.1. The molecule has 1 fully saturated rings. The smallest absolute Gasteiger partial charge is 0.407 e. The summed E-state index contributed by atoms with van der Waals surface area (Å²) >= 11 is 0. The van der Waals surface area contributed by atoms with Gasteiger partial charge in [-0.1, -0.05) is 77.6 Å². The molecule has 0 radical (unpaired) electrons. The zero-order valence-electron chi connectivity index (χ0n) is 33.2. The lowest BCUT2D eigenvalue weighted by Gasteiger charge is -2.30. The predicted molar refractivity (Wildman–Crippen MR) is 212 cm³/mol. The molecule has 0 aliphatic carbocycles. The third-order valence-corrected chi connectivity index (χ3v) is 9.84. The van der Waals surface area contributed by atoms with Crippen molar-refractivity contribution in [3.63, 3.8) is 0 Å². The van der Waals surface area contributed by atoms with E-state index in [1.807, 2.05) is 90.1 Å². The number of carbonyl (C=O) groups is 4. The molecule has 0 unspecified atom stereocenters. The largest absolute Gasteiger partial charge is 0.453 e. The highest BCUT2D eigenvalue weighted by molar-refractivity contribution is 5.87. The van der Waals surface area contributed by atoms with Crippen LogP contribution in [0.25, 0.3) is 22.5 Å². The third kappa shape index (κ3) is 9.95. The van der Waals surface area contributed by atoms with Crippen molar-refractivity contribution in [2.45, 2.75) is 78.6 Å². The van der Waals surface area contributed by atoms with E-state index in [9.17, 15) is 19.2 Å². The van der Waals surface area contributed by atoms with Crippen LogP contribution in [0.5, 0.6) is 0 Å². The molecule has 1 saturated heterocycles. The maximum Gasteiger partial charge on any atom is 0.407 e. The summed E-state index contributed by atoms with van der Waals surface area (Å²) in [6.45, 7) is 12.1. The van der Waals surface area contributed by atoms with E-state index in [0.717, 1.165) is 46.5 Å². The molecular weight excluding hydrogens is 713 g/mol. The van der Waals surface area contributed by atoms with Gasteiger partial charge in [0, 0.05) is 17.7 Å². The fourth-order valence-corrected chi connectivity index (χ4v) is 6.61. The van der Waals surface area contributed by atoms with E-state index in [1.54, 1.807) is 17.3 Å². The van der Waals surface area contributed by atoms with E-state index >= 15 is 0 Å². The van der Waals surface area contributed by atoms with Gasteiger partial charge in [0.2, 0.25) is 11.8 Å². The average Bonchev–Trinajstić information content (AvgIpc) is 3.99. The Bertz CT molecular complexity index is 1950. The molecule has 56 heavy (non-hydrogen) atoms. The summed E-state index contributed by atoms with van der Waals surface area (Å²) in [6.07, 6.45) is 3.84. The van der Waals surface area contributed by atoms with Crippen molar-refractivity contribution in [2.24, 2.45) is 17.8 Å². The molecule has 4 amide bonds. The Morgan fingerprint density at radius 1 is 0.714 bits per heavy atom. The van der Waals surface area contributed by atoms with Crippen LogP contribution in [-0.2, 0) is 19.1 Å². The van der Waals surface area contributed by atoms with Gasteiger partial charge >= 0.3 is 12.2 Å². The van der Waals surface area contributed by atoms with Crippen molar-refractivity contribution >= 4 is 24.0 Å². The minimum absolute atomic E-state index is 0.0227. The summed E-state index contributed by atoms with van der Waals surface area (Å²) in [4.78, 5) is 68.2. The van der Waals surface area contributed by atoms with Gasteiger partial charge in [0.1, 0.15) is 23.7 Å². The van der Waals surface area contributed by atoms with E-state index in [0.29, 0.717) is 18.2 Å². The van der Waals surface area contributed by atoms with Crippen molar-refractivity contribution in [2.75, 3.05) is 20.8 Å². The van der Waals surface area contributed by atoms with Crippen LogP contribution in [-0.4, -0.2) is 81.7 Å². The lowest BCUT2D eigenvalue weighted by atomic mass is 10.00. The molecule has 4 aromatic rings. The summed E-state index contributed by atoms with van der Waals surface area (Å²) in [5.74, 6) is 7.09. The number of benzene rings is 2. The SMILES string of the molecule is COC(=O)N[C@H](C(=O)N[C@H](c1ncc(-c2ccc(C#Cc3ccc(-c4cnc([C@@H]5CCCN5C(=O)[C@@H](NC(=O)OC)C(C)C)[nH]4)cc3)cc2)[nH]1)C(C)C)C(C)C. The average molecular weight is 765 g/mol. The number of H-pyrrole nitrogens is 2. The number of amides is 4. The normalized spacial score (nSPS) is 15.5. The molecule has 14 heteroatoms. The first-order chi connectivity index (χ1) is 26.8. The van der Waals surface area contributed by atoms with Crippen LogP contribution < -0.4 is 16.0 Å². The number of alkyl carbamates (subject to hydrolysis) is 2. The summed E-state index contributed by atoms with van der Waals surface area (Å²) in [7, 11) is 2.55.